The van der Waals surface area contributed by atoms with E-state index in [-0.39, 0.29) is 24.3 Å². The molecule has 116 valence electrons. The Labute approximate surface area is 117 Å². The minimum absolute atomic E-state index is 0.0694. The highest BCUT2D eigenvalue weighted by atomic mass is 32.2. The number of ether oxygens (including phenoxy) is 1. The molecule has 0 aliphatic carbocycles. The van der Waals surface area contributed by atoms with Crippen LogP contribution in [0.3, 0.4) is 0 Å². The molecule has 9 heteroatoms. The molecule has 1 saturated heterocycles. The Morgan fingerprint density at radius 3 is 2.65 bits per heavy atom. The zero-order valence-electron chi connectivity index (χ0n) is 11.2. The molecule has 0 radical (unpaired) electrons. The van der Waals surface area contributed by atoms with Crippen molar-refractivity contribution >= 4 is 21.7 Å². The first-order valence-electron chi connectivity index (χ1n) is 6.33. The van der Waals surface area contributed by atoms with E-state index in [4.69, 9.17) is 15.6 Å². The molecule has 1 fully saturated rings. The predicted octanol–water partition coefficient (Wildman–Crippen LogP) is -1.55. The summed E-state index contributed by atoms with van der Waals surface area (Å²) in [6.45, 7) is 1.67. The summed E-state index contributed by atoms with van der Waals surface area (Å²) in [5, 5.41) is 8.69. The molecule has 0 aromatic carbocycles. The van der Waals surface area contributed by atoms with Crippen molar-refractivity contribution in [3.63, 3.8) is 0 Å². The molecule has 1 aliphatic rings. The lowest BCUT2D eigenvalue weighted by molar-refractivity contribution is -0.142. The van der Waals surface area contributed by atoms with Crippen molar-refractivity contribution in [3.05, 3.63) is 0 Å². The van der Waals surface area contributed by atoms with Gasteiger partial charge in [0.25, 0.3) is 0 Å². The highest BCUT2D eigenvalue weighted by Gasteiger charge is 2.24. The zero-order chi connectivity index (χ0) is 15.2. The smallest absolute Gasteiger partial charge is 0.306 e. The molecule has 0 spiro atoms. The fraction of sp³-hybridized carbons (Fsp3) is 0.818. The second-order valence-corrected chi connectivity index (χ2v) is 7.06. The normalized spacial score (nSPS) is 20.7. The summed E-state index contributed by atoms with van der Waals surface area (Å²) in [4.78, 5) is 23.0. The minimum atomic E-state index is -3.32. The number of aliphatic carboxylic acids is 1. The van der Waals surface area contributed by atoms with Crippen LogP contribution in [-0.2, 0) is 24.2 Å². The molecular formula is C11H20N2O6S. The van der Waals surface area contributed by atoms with E-state index in [1.54, 1.807) is 0 Å². The summed E-state index contributed by atoms with van der Waals surface area (Å²) in [6, 6.07) is 0. The summed E-state index contributed by atoms with van der Waals surface area (Å²) in [5.74, 6) is -1.89. The Bertz CT molecular complexity index is 450. The Morgan fingerprint density at radius 1 is 1.35 bits per heavy atom. The molecule has 20 heavy (non-hydrogen) atoms. The van der Waals surface area contributed by atoms with Gasteiger partial charge in [-0.3, -0.25) is 14.5 Å². The maximum absolute atomic E-state index is 11.7. The van der Waals surface area contributed by atoms with Gasteiger partial charge in [0.1, 0.15) is 0 Å². The monoisotopic (exact) mass is 308 g/mol. The second kappa shape index (κ2) is 7.55. The fourth-order valence-corrected chi connectivity index (χ4v) is 3.18. The maximum Gasteiger partial charge on any atom is 0.306 e. The Balaban J connectivity index is 2.37. The topological polar surface area (TPSA) is 127 Å². The van der Waals surface area contributed by atoms with Gasteiger partial charge in [-0.15, -0.1) is 0 Å². The van der Waals surface area contributed by atoms with Gasteiger partial charge in [-0.25, -0.2) is 8.42 Å². The van der Waals surface area contributed by atoms with E-state index in [2.05, 4.69) is 0 Å². The van der Waals surface area contributed by atoms with Crippen LogP contribution in [0.1, 0.15) is 12.8 Å². The third kappa shape index (κ3) is 6.83. The first-order chi connectivity index (χ1) is 9.28. The van der Waals surface area contributed by atoms with Gasteiger partial charge in [-0.05, 0) is 0 Å². The first kappa shape index (κ1) is 16.9. The van der Waals surface area contributed by atoms with E-state index in [9.17, 15) is 18.0 Å². The quantitative estimate of drug-likeness (QED) is 0.556. The lowest BCUT2D eigenvalue weighted by Crippen LogP contribution is -2.45. The lowest BCUT2D eigenvalue weighted by Gasteiger charge is -2.32. The van der Waals surface area contributed by atoms with Crippen LogP contribution in [0, 0.1) is 0 Å². The summed E-state index contributed by atoms with van der Waals surface area (Å²) >= 11 is 0. The van der Waals surface area contributed by atoms with Crippen LogP contribution < -0.4 is 5.73 Å². The number of carbonyl (C=O) groups is 2. The number of carboxylic acids is 1. The average molecular weight is 308 g/mol. The molecule has 1 heterocycles. The molecular weight excluding hydrogens is 288 g/mol. The number of hydrogen-bond acceptors (Lipinski definition) is 6. The van der Waals surface area contributed by atoms with E-state index in [1.807, 2.05) is 4.90 Å². The number of hydrogen-bond donors (Lipinski definition) is 2. The van der Waals surface area contributed by atoms with Gasteiger partial charge in [-0.2, -0.15) is 0 Å². The van der Waals surface area contributed by atoms with Gasteiger partial charge in [0, 0.05) is 26.1 Å². The Morgan fingerprint density at radius 2 is 2.05 bits per heavy atom. The van der Waals surface area contributed by atoms with E-state index < -0.39 is 27.8 Å². The lowest BCUT2D eigenvalue weighted by atomic mass is 10.2. The fourth-order valence-electron chi connectivity index (χ4n) is 1.93. The van der Waals surface area contributed by atoms with Crippen LogP contribution in [0.25, 0.3) is 0 Å². The van der Waals surface area contributed by atoms with Crippen LogP contribution in [0.15, 0.2) is 0 Å². The van der Waals surface area contributed by atoms with Gasteiger partial charge in [0.15, 0.2) is 9.84 Å². The van der Waals surface area contributed by atoms with Crippen molar-refractivity contribution in [2.75, 3.05) is 37.7 Å². The zero-order valence-corrected chi connectivity index (χ0v) is 12.0. The van der Waals surface area contributed by atoms with Gasteiger partial charge in [0.05, 0.1) is 30.6 Å². The molecule has 1 atom stereocenters. The van der Waals surface area contributed by atoms with Crippen LogP contribution in [0.2, 0.25) is 0 Å². The summed E-state index contributed by atoms with van der Waals surface area (Å²) in [6.07, 6.45) is -0.674. The molecule has 0 aromatic rings. The third-order valence-electron chi connectivity index (χ3n) is 3.00. The summed E-state index contributed by atoms with van der Waals surface area (Å²) in [7, 11) is -3.32. The molecule has 1 rings (SSSR count). The Kier molecular flexibility index (Phi) is 6.37. The Hall–Kier alpha value is -1.19. The van der Waals surface area contributed by atoms with Gasteiger partial charge in [-0.1, -0.05) is 0 Å². The second-order valence-electron chi connectivity index (χ2n) is 4.76. The van der Waals surface area contributed by atoms with Crippen molar-refractivity contribution in [2.24, 2.45) is 5.73 Å². The standard InChI is InChI=1S/C11H20N2O6S/c12-10(14)1-5-20(17,18)6-3-13-2-4-19-9(8-13)7-11(15)16/h9H,1-8H2,(H2,12,14)(H,15,16). The number of carbonyl (C=O) groups excluding carboxylic acids is 1. The molecule has 0 bridgehead atoms. The van der Waals surface area contributed by atoms with Gasteiger partial charge >= 0.3 is 5.97 Å². The van der Waals surface area contributed by atoms with Crippen LogP contribution >= 0.6 is 0 Å². The van der Waals surface area contributed by atoms with Gasteiger partial charge in [0.2, 0.25) is 5.91 Å². The van der Waals surface area contributed by atoms with Gasteiger partial charge < -0.3 is 15.6 Å². The number of rotatable bonds is 8. The third-order valence-corrected chi connectivity index (χ3v) is 4.63. The van der Waals surface area contributed by atoms with Crippen LogP contribution in [-0.4, -0.2) is 74.2 Å². The SMILES string of the molecule is NC(=O)CCS(=O)(=O)CCN1CCOC(CC(=O)O)C1. The van der Waals surface area contributed by atoms with Crippen molar-refractivity contribution in [3.8, 4) is 0 Å². The van der Waals surface area contributed by atoms with E-state index >= 15 is 0 Å². The van der Waals surface area contributed by atoms with Crippen molar-refractivity contribution in [1.29, 1.82) is 0 Å². The summed E-state index contributed by atoms with van der Waals surface area (Å²) < 4.78 is 28.7. The minimum Gasteiger partial charge on any atom is -0.481 e. The maximum atomic E-state index is 11.7. The summed E-state index contributed by atoms with van der Waals surface area (Å²) in [5.41, 5.74) is 4.92. The number of amides is 1. The van der Waals surface area contributed by atoms with Crippen molar-refractivity contribution < 1.29 is 27.9 Å². The first-order valence-corrected chi connectivity index (χ1v) is 8.15. The molecule has 0 saturated carbocycles. The molecule has 0 aromatic heterocycles. The molecule has 8 nitrogen and oxygen atoms in total. The van der Waals surface area contributed by atoms with Crippen LogP contribution in [0.4, 0.5) is 0 Å². The van der Waals surface area contributed by atoms with Crippen LogP contribution in [0.5, 0.6) is 0 Å². The largest absolute Gasteiger partial charge is 0.481 e. The number of nitrogens with two attached hydrogens (primary N) is 1. The number of carboxylic acid groups (broad SMARTS) is 1. The number of primary amides is 1. The van der Waals surface area contributed by atoms with E-state index in [0.717, 1.165) is 0 Å². The van der Waals surface area contributed by atoms with Crippen molar-refractivity contribution in [2.45, 2.75) is 18.9 Å². The van der Waals surface area contributed by atoms with E-state index in [1.165, 1.54) is 0 Å². The molecule has 1 unspecified atom stereocenters. The number of sulfone groups is 1. The predicted molar refractivity (Wildman–Crippen MR) is 70.9 cm³/mol. The molecule has 1 amide bonds. The average Bonchev–Trinajstić information content (AvgIpc) is 2.34. The van der Waals surface area contributed by atoms with E-state index in [0.29, 0.717) is 26.2 Å². The number of morpholine rings is 1. The molecule has 1 aliphatic heterocycles. The highest BCUT2D eigenvalue weighted by molar-refractivity contribution is 7.91. The highest BCUT2D eigenvalue weighted by Crippen LogP contribution is 2.09. The molecule has 3 N–H and O–H groups in total. The van der Waals surface area contributed by atoms with Crippen molar-refractivity contribution in [1.82, 2.24) is 4.90 Å². The number of nitrogens with zero attached hydrogens (tertiary/aromatic N) is 1.